The second-order valence-corrected chi connectivity index (χ2v) is 10.3. The number of aromatic nitrogens is 3. The minimum atomic E-state index is 0.0389. The van der Waals surface area contributed by atoms with Gasteiger partial charge in [0.1, 0.15) is 5.82 Å². The summed E-state index contributed by atoms with van der Waals surface area (Å²) in [6.45, 7) is 3.61. The van der Waals surface area contributed by atoms with Crippen LogP contribution in [-0.4, -0.2) is 58.5 Å². The highest BCUT2D eigenvalue weighted by atomic mass is 35.5. The van der Waals surface area contributed by atoms with Crippen molar-refractivity contribution in [3.05, 3.63) is 76.8 Å². The summed E-state index contributed by atoms with van der Waals surface area (Å²) in [5.41, 5.74) is 1.21. The van der Waals surface area contributed by atoms with Crippen LogP contribution in [0.2, 0.25) is 10.0 Å². The van der Waals surface area contributed by atoms with Gasteiger partial charge in [-0.3, -0.25) is 9.78 Å². The maximum absolute atomic E-state index is 13.6. The molecule has 0 bridgehead atoms. The van der Waals surface area contributed by atoms with Crippen LogP contribution < -0.4 is 9.64 Å². The Morgan fingerprint density at radius 1 is 0.944 bits per heavy atom. The molecule has 2 aromatic heterocycles. The van der Waals surface area contributed by atoms with Gasteiger partial charge in [0.2, 0.25) is 11.8 Å². The van der Waals surface area contributed by atoms with E-state index in [-0.39, 0.29) is 17.7 Å². The molecule has 0 radical (unpaired) electrons. The highest BCUT2D eigenvalue weighted by Crippen LogP contribution is 2.37. The normalized spacial score (nSPS) is 20.5. The van der Waals surface area contributed by atoms with Gasteiger partial charge in [-0.1, -0.05) is 35.3 Å². The summed E-state index contributed by atoms with van der Waals surface area (Å²) >= 11 is 12.1. The smallest absolute Gasteiger partial charge is 0.225 e. The van der Waals surface area contributed by atoms with Crippen LogP contribution in [0.5, 0.6) is 5.88 Å². The van der Waals surface area contributed by atoms with Crippen molar-refractivity contribution in [3.8, 4) is 5.88 Å². The summed E-state index contributed by atoms with van der Waals surface area (Å²) in [6, 6.07) is 11.6. The fourth-order valence-corrected chi connectivity index (χ4v) is 5.50. The lowest BCUT2D eigenvalue weighted by molar-refractivity contribution is -0.135. The third kappa shape index (κ3) is 5.90. The number of carbonyl (C=O) groups excluding carboxylic acids is 1. The van der Waals surface area contributed by atoms with Gasteiger partial charge in [-0.25, -0.2) is 9.97 Å². The van der Waals surface area contributed by atoms with Gasteiger partial charge in [0.15, 0.2) is 0 Å². The second-order valence-electron chi connectivity index (χ2n) is 9.44. The molecule has 4 heterocycles. The fraction of sp³-hybridized carbons (Fsp3) is 0.407. The number of amides is 1. The molecule has 0 aliphatic carbocycles. The molecule has 2 atom stereocenters. The Morgan fingerprint density at radius 3 is 2.42 bits per heavy atom. The third-order valence-electron chi connectivity index (χ3n) is 7.21. The van der Waals surface area contributed by atoms with Crippen LogP contribution in [0.15, 0.2) is 61.2 Å². The number of halogens is 2. The van der Waals surface area contributed by atoms with Crippen molar-refractivity contribution in [2.75, 3.05) is 37.7 Å². The lowest BCUT2D eigenvalue weighted by Gasteiger charge is -2.33. The minimum Gasteiger partial charge on any atom is -0.478 e. The zero-order valence-corrected chi connectivity index (χ0v) is 21.5. The molecule has 7 nitrogen and oxygen atoms in total. The van der Waals surface area contributed by atoms with Crippen molar-refractivity contribution in [2.24, 2.45) is 11.8 Å². The number of hydrogen-bond donors (Lipinski definition) is 0. The molecule has 2 aliphatic rings. The predicted octanol–water partition coefficient (Wildman–Crippen LogP) is 5.11. The fourth-order valence-electron chi connectivity index (χ4n) is 5.26. The first kappa shape index (κ1) is 24.8. The Hall–Kier alpha value is -2.90. The molecular weight excluding hydrogens is 497 g/mol. The third-order valence-corrected chi connectivity index (χ3v) is 7.68. The molecule has 0 N–H and O–H groups in total. The van der Waals surface area contributed by atoms with E-state index in [1.165, 1.54) is 5.56 Å². The van der Waals surface area contributed by atoms with Gasteiger partial charge in [-0.2, -0.15) is 0 Å². The van der Waals surface area contributed by atoms with Crippen molar-refractivity contribution in [1.29, 1.82) is 0 Å². The number of nitrogens with zero attached hydrogens (tertiary/aromatic N) is 5. The van der Waals surface area contributed by atoms with E-state index in [1.807, 2.05) is 12.1 Å². The Labute approximate surface area is 221 Å². The minimum absolute atomic E-state index is 0.0389. The highest BCUT2D eigenvalue weighted by Gasteiger charge is 2.39. The standard InChI is InChI=1S/C27H29Cl2N5O2/c28-22-3-1-19(2-4-22)24-18-34(17-21(24)9-14-36-26-6-5-23(29)15-32-26)27(35)20-7-12-33(13-8-20)25-16-30-10-11-31-25/h1-6,10-11,15-16,20-21,24H,7-9,12-14,17-18H2/t21-,24+/m0/s1. The first-order chi connectivity index (χ1) is 17.6. The van der Waals surface area contributed by atoms with Crippen LogP contribution in [0.1, 0.15) is 30.7 Å². The van der Waals surface area contributed by atoms with Crippen LogP contribution in [0.25, 0.3) is 0 Å². The highest BCUT2D eigenvalue weighted by molar-refractivity contribution is 6.30. The quantitative estimate of drug-likeness (QED) is 0.427. The molecule has 1 amide bonds. The van der Waals surface area contributed by atoms with E-state index in [4.69, 9.17) is 27.9 Å². The van der Waals surface area contributed by atoms with Gasteiger partial charge in [0.05, 0.1) is 17.8 Å². The Kier molecular flexibility index (Phi) is 7.87. The number of rotatable bonds is 7. The molecular formula is C27H29Cl2N5O2. The number of benzene rings is 1. The van der Waals surface area contributed by atoms with Gasteiger partial charge < -0.3 is 14.5 Å². The molecule has 2 saturated heterocycles. The molecule has 9 heteroatoms. The predicted molar refractivity (Wildman–Crippen MR) is 141 cm³/mol. The average molecular weight is 526 g/mol. The monoisotopic (exact) mass is 525 g/mol. The first-order valence-electron chi connectivity index (χ1n) is 12.4. The maximum Gasteiger partial charge on any atom is 0.225 e. The van der Waals surface area contributed by atoms with E-state index < -0.39 is 0 Å². The number of carbonyl (C=O) groups is 1. The van der Waals surface area contributed by atoms with Crippen LogP contribution in [0.3, 0.4) is 0 Å². The topological polar surface area (TPSA) is 71.5 Å². The Balaban J connectivity index is 1.22. The van der Waals surface area contributed by atoms with Gasteiger partial charge in [0.25, 0.3) is 0 Å². The van der Waals surface area contributed by atoms with Crippen LogP contribution in [-0.2, 0) is 4.79 Å². The molecule has 2 aliphatic heterocycles. The number of ether oxygens (including phenoxy) is 1. The summed E-state index contributed by atoms with van der Waals surface area (Å²) in [5.74, 6) is 2.27. The molecule has 3 aromatic rings. The van der Waals surface area contributed by atoms with Crippen molar-refractivity contribution in [1.82, 2.24) is 19.9 Å². The zero-order chi connectivity index (χ0) is 24.9. The summed E-state index contributed by atoms with van der Waals surface area (Å²) in [6.07, 6.45) is 9.23. The average Bonchev–Trinajstić information content (AvgIpc) is 3.34. The Morgan fingerprint density at radius 2 is 1.72 bits per heavy atom. The van der Waals surface area contributed by atoms with Crippen LogP contribution in [0.4, 0.5) is 5.82 Å². The summed E-state index contributed by atoms with van der Waals surface area (Å²) in [4.78, 5) is 30.6. The van der Waals surface area contributed by atoms with Crippen LogP contribution >= 0.6 is 23.2 Å². The van der Waals surface area contributed by atoms with Gasteiger partial charge >= 0.3 is 0 Å². The SMILES string of the molecule is O=C(C1CCN(c2cnccn2)CC1)N1C[C@H](CCOc2ccc(Cl)cn2)[C@@H](c2ccc(Cl)cc2)C1. The molecule has 36 heavy (non-hydrogen) atoms. The molecule has 0 saturated carbocycles. The van der Waals surface area contributed by atoms with E-state index in [0.29, 0.717) is 35.0 Å². The maximum atomic E-state index is 13.6. The number of pyridine rings is 1. The molecule has 0 unspecified atom stereocenters. The van der Waals surface area contributed by atoms with E-state index in [1.54, 1.807) is 36.9 Å². The summed E-state index contributed by atoms with van der Waals surface area (Å²) < 4.78 is 5.88. The summed E-state index contributed by atoms with van der Waals surface area (Å²) in [7, 11) is 0. The summed E-state index contributed by atoms with van der Waals surface area (Å²) in [5, 5.41) is 1.30. The first-order valence-corrected chi connectivity index (χ1v) is 13.1. The molecule has 1 aromatic carbocycles. The lowest BCUT2D eigenvalue weighted by atomic mass is 9.87. The molecule has 0 spiro atoms. The number of likely N-dealkylation sites (tertiary alicyclic amines) is 1. The lowest BCUT2D eigenvalue weighted by Crippen LogP contribution is -2.42. The molecule has 2 fully saturated rings. The van der Waals surface area contributed by atoms with Gasteiger partial charge in [0, 0.05) is 67.7 Å². The van der Waals surface area contributed by atoms with E-state index in [9.17, 15) is 4.79 Å². The second kappa shape index (κ2) is 11.4. The molecule has 188 valence electrons. The van der Waals surface area contributed by atoms with E-state index >= 15 is 0 Å². The van der Waals surface area contributed by atoms with Crippen LogP contribution in [0, 0.1) is 11.8 Å². The number of piperidine rings is 1. The van der Waals surface area contributed by atoms with Gasteiger partial charge in [-0.15, -0.1) is 0 Å². The largest absolute Gasteiger partial charge is 0.478 e. The number of anilines is 1. The number of hydrogen-bond acceptors (Lipinski definition) is 6. The molecule has 5 rings (SSSR count). The van der Waals surface area contributed by atoms with Crippen molar-refractivity contribution >= 4 is 34.9 Å². The van der Waals surface area contributed by atoms with E-state index in [2.05, 4.69) is 36.9 Å². The van der Waals surface area contributed by atoms with Crippen molar-refractivity contribution < 1.29 is 9.53 Å². The van der Waals surface area contributed by atoms with Crippen molar-refractivity contribution in [2.45, 2.75) is 25.2 Å². The zero-order valence-electron chi connectivity index (χ0n) is 20.0. The van der Waals surface area contributed by atoms with E-state index in [0.717, 1.165) is 44.7 Å². The Bertz CT molecular complexity index is 1140. The van der Waals surface area contributed by atoms with Gasteiger partial charge in [-0.05, 0) is 48.9 Å². The van der Waals surface area contributed by atoms with Crippen molar-refractivity contribution in [3.63, 3.8) is 0 Å².